The molecule has 0 aliphatic heterocycles. The Balaban J connectivity index is 1.66. The molecule has 0 saturated carbocycles. The Hall–Kier alpha value is -2.09. The van der Waals surface area contributed by atoms with E-state index in [-0.39, 0.29) is 11.7 Å². The highest BCUT2D eigenvalue weighted by Gasteiger charge is 2.13. The minimum atomic E-state index is -0.192. The molecule has 0 fully saturated rings. The number of thioether (sulfide) groups is 1. The molecular formula is C16H13Cl2N5OS. The zero-order valence-corrected chi connectivity index (χ0v) is 15.4. The van der Waals surface area contributed by atoms with Crippen molar-refractivity contribution < 1.29 is 4.79 Å². The van der Waals surface area contributed by atoms with E-state index < -0.39 is 0 Å². The van der Waals surface area contributed by atoms with Crippen molar-refractivity contribution in [1.29, 1.82) is 0 Å². The van der Waals surface area contributed by atoms with Crippen molar-refractivity contribution >= 4 is 46.6 Å². The molecule has 25 heavy (non-hydrogen) atoms. The zero-order valence-electron chi connectivity index (χ0n) is 13.1. The summed E-state index contributed by atoms with van der Waals surface area (Å²) in [4.78, 5) is 12.1. The van der Waals surface area contributed by atoms with Gasteiger partial charge in [0.1, 0.15) is 0 Å². The van der Waals surface area contributed by atoms with Crippen molar-refractivity contribution in [2.75, 3.05) is 11.1 Å². The summed E-state index contributed by atoms with van der Waals surface area (Å²) in [6.45, 7) is 1.97. The van der Waals surface area contributed by atoms with Gasteiger partial charge in [0.05, 0.1) is 21.5 Å². The Morgan fingerprint density at radius 1 is 1.20 bits per heavy atom. The first-order valence-electron chi connectivity index (χ1n) is 7.26. The fourth-order valence-electron chi connectivity index (χ4n) is 2.12. The third-order valence-electron chi connectivity index (χ3n) is 3.32. The van der Waals surface area contributed by atoms with Gasteiger partial charge in [0.2, 0.25) is 11.1 Å². The number of hydrogen-bond donors (Lipinski definition) is 1. The van der Waals surface area contributed by atoms with Gasteiger partial charge in [0, 0.05) is 5.69 Å². The molecule has 1 heterocycles. The van der Waals surface area contributed by atoms with Crippen LogP contribution in [0.15, 0.2) is 47.6 Å². The van der Waals surface area contributed by atoms with E-state index in [9.17, 15) is 4.79 Å². The summed E-state index contributed by atoms with van der Waals surface area (Å²) in [7, 11) is 0. The maximum Gasteiger partial charge on any atom is 0.234 e. The quantitative estimate of drug-likeness (QED) is 0.662. The van der Waals surface area contributed by atoms with Gasteiger partial charge in [-0.15, -0.1) is 5.10 Å². The van der Waals surface area contributed by atoms with Gasteiger partial charge in [-0.3, -0.25) is 4.79 Å². The number of carbonyl (C=O) groups excluding carboxylic acids is 1. The molecule has 1 N–H and O–H groups in total. The summed E-state index contributed by atoms with van der Waals surface area (Å²) in [5, 5.41) is 15.8. The van der Waals surface area contributed by atoms with Crippen molar-refractivity contribution in [3.8, 4) is 5.69 Å². The minimum absolute atomic E-state index is 0.159. The fourth-order valence-corrected chi connectivity index (χ4v) is 3.10. The highest BCUT2D eigenvalue weighted by Crippen LogP contribution is 2.25. The molecular weight excluding hydrogens is 381 g/mol. The van der Waals surface area contributed by atoms with Crippen LogP contribution < -0.4 is 5.32 Å². The number of benzene rings is 2. The van der Waals surface area contributed by atoms with E-state index in [0.29, 0.717) is 20.9 Å². The van der Waals surface area contributed by atoms with Gasteiger partial charge in [-0.2, -0.15) is 4.68 Å². The number of carbonyl (C=O) groups is 1. The molecule has 6 nitrogen and oxygen atoms in total. The van der Waals surface area contributed by atoms with Crippen LogP contribution in [0.5, 0.6) is 0 Å². The second-order valence-electron chi connectivity index (χ2n) is 5.13. The van der Waals surface area contributed by atoms with E-state index in [1.807, 2.05) is 31.2 Å². The average Bonchev–Trinajstić information content (AvgIpc) is 3.05. The van der Waals surface area contributed by atoms with Crippen LogP contribution in [0.4, 0.5) is 5.69 Å². The summed E-state index contributed by atoms with van der Waals surface area (Å²) < 4.78 is 1.62. The smallest absolute Gasteiger partial charge is 0.234 e. The Kier molecular flexibility index (Phi) is 5.57. The van der Waals surface area contributed by atoms with Crippen LogP contribution in [0.2, 0.25) is 10.0 Å². The van der Waals surface area contributed by atoms with E-state index >= 15 is 0 Å². The SMILES string of the molecule is Cc1ccccc1-n1nnnc1SCC(=O)Nc1ccc(Cl)c(Cl)c1. The summed E-state index contributed by atoms with van der Waals surface area (Å²) in [5.74, 6) is -0.0327. The standard InChI is InChI=1S/C16H13Cl2N5OS/c1-10-4-2-3-5-14(10)23-16(20-21-22-23)25-9-15(24)19-11-6-7-12(17)13(18)8-11/h2-8H,9H2,1H3,(H,19,24). The fraction of sp³-hybridized carbons (Fsp3) is 0.125. The normalized spacial score (nSPS) is 10.7. The third kappa shape index (κ3) is 4.31. The highest BCUT2D eigenvalue weighted by molar-refractivity contribution is 7.99. The molecule has 2 aromatic carbocycles. The number of aryl methyl sites for hydroxylation is 1. The number of para-hydroxylation sites is 1. The topological polar surface area (TPSA) is 72.7 Å². The number of tetrazole rings is 1. The molecule has 0 bridgehead atoms. The second-order valence-corrected chi connectivity index (χ2v) is 6.88. The van der Waals surface area contributed by atoms with Crippen LogP contribution in [0.1, 0.15) is 5.56 Å². The largest absolute Gasteiger partial charge is 0.325 e. The number of amides is 1. The maximum absolute atomic E-state index is 12.1. The van der Waals surface area contributed by atoms with Crippen molar-refractivity contribution in [1.82, 2.24) is 20.2 Å². The summed E-state index contributed by atoms with van der Waals surface area (Å²) in [6, 6.07) is 12.7. The second kappa shape index (κ2) is 7.86. The van der Waals surface area contributed by atoms with Crippen molar-refractivity contribution in [2.24, 2.45) is 0 Å². The number of halogens is 2. The van der Waals surface area contributed by atoms with Gasteiger partial charge in [-0.05, 0) is 47.2 Å². The first kappa shape index (κ1) is 17.7. The Labute approximate surface area is 158 Å². The third-order valence-corrected chi connectivity index (χ3v) is 4.98. The lowest BCUT2D eigenvalue weighted by Crippen LogP contribution is -2.14. The lowest BCUT2D eigenvalue weighted by atomic mass is 10.2. The molecule has 1 amide bonds. The first-order chi connectivity index (χ1) is 12.0. The van der Waals surface area contributed by atoms with E-state index in [2.05, 4.69) is 20.8 Å². The zero-order chi connectivity index (χ0) is 17.8. The minimum Gasteiger partial charge on any atom is -0.325 e. The molecule has 3 aromatic rings. The molecule has 0 atom stereocenters. The number of rotatable bonds is 5. The average molecular weight is 394 g/mol. The van der Waals surface area contributed by atoms with Gasteiger partial charge >= 0.3 is 0 Å². The number of nitrogens with zero attached hydrogens (tertiary/aromatic N) is 4. The van der Waals surface area contributed by atoms with E-state index in [0.717, 1.165) is 11.3 Å². The molecule has 0 aliphatic rings. The summed E-state index contributed by atoms with van der Waals surface area (Å²) in [6.07, 6.45) is 0. The van der Waals surface area contributed by atoms with E-state index in [1.54, 1.807) is 22.9 Å². The van der Waals surface area contributed by atoms with Crippen LogP contribution in [-0.2, 0) is 4.79 Å². The molecule has 3 rings (SSSR count). The maximum atomic E-state index is 12.1. The predicted molar refractivity (Wildman–Crippen MR) is 99.7 cm³/mol. The summed E-state index contributed by atoms with van der Waals surface area (Å²) >= 11 is 13.0. The molecule has 0 radical (unpaired) electrons. The molecule has 0 spiro atoms. The van der Waals surface area contributed by atoms with Crippen molar-refractivity contribution in [2.45, 2.75) is 12.1 Å². The Morgan fingerprint density at radius 2 is 2.00 bits per heavy atom. The molecule has 1 aromatic heterocycles. The van der Waals surface area contributed by atoms with Gasteiger partial charge < -0.3 is 5.32 Å². The number of anilines is 1. The van der Waals surface area contributed by atoms with Crippen LogP contribution in [-0.4, -0.2) is 31.9 Å². The van der Waals surface area contributed by atoms with Crippen LogP contribution in [0, 0.1) is 6.92 Å². The molecule has 128 valence electrons. The van der Waals surface area contributed by atoms with Gasteiger partial charge in [-0.25, -0.2) is 0 Å². The molecule has 0 unspecified atom stereocenters. The Bertz CT molecular complexity index is 915. The van der Waals surface area contributed by atoms with Crippen molar-refractivity contribution in [3.05, 3.63) is 58.1 Å². The monoisotopic (exact) mass is 393 g/mol. The lowest BCUT2D eigenvalue weighted by Gasteiger charge is -2.08. The van der Waals surface area contributed by atoms with E-state index in [1.165, 1.54) is 11.8 Å². The van der Waals surface area contributed by atoms with Crippen LogP contribution in [0.25, 0.3) is 5.69 Å². The van der Waals surface area contributed by atoms with Crippen molar-refractivity contribution in [3.63, 3.8) is 0 Å². The molecule has 0 saturated heterocycles. The van der Waals surface area contributed by atoms with Gasteiger partial charge in [0.25, 0.3) is 0 Å². The Morgan fingerprint density at radius 3 is 2.76 bits per heavy atom. The first-order valence-corrected chi connectivity index (χ1v) is 9.01. The molecule has 0 aliphatic carbocycles. The highest BCUT2D eigenvalue weighted by atomic mass is 35.5. The van der Waals surface area contributed by atoms with Crippen LogP contribution in [0.3, 0.4) is 0 Å². The summed E-state index contributed by atoms with van der Waals surface area (Å²) in [5.41, 5.74) is 2.50. The number of nitrogens with one attached hydrogen (secondary N) is 1. The van der Waals surface area contributed by atoms with Crippen LogP contribution >= 0.6 is 35.0 Å². The molecule has 9 heteroatoms. The predicted octanol–water partition coefficient (Wildman–Crippen LogP) is 4.01. The van der Waals surface area contributed by atoms with Gasteiger partial charge in [0.15, 0.2) is 0 Å². The number of aromatic nitrogens is 4. The van der Waals surface area contributed by atoms with Gasteiger partial charge in [-0.1, -0.05) is 53.2 Å². The number of hydrogen-bond acceptors (Lipinski definition) is 5. The van der Waals surface area contributed by atoms with E-state index in [4.69, 9.17) is 23.2 Å². The lowest BCUT2D eigenvalue weighted by molar-refractivity contribution is -0.113.